The van der Waals surface area contributed by atoms with Crippen LogP contribution in [0.2, 0.25) is 0 Å². The number of carbonyl (C=O) groups excluding carboxylic acids is 2. The number of nitrogens with zero attached hydrogens (tertiary/aromatic N) is 1. The molecule has 6 heteroatoms. The summed E-state index contributed by atoms with van der Waals surface area (Å²) in [6.45, 7) is 0. The van der Waals surface area contributed by atoms with Crippen LogP contribution in [0.1, 0.15) is 18.4 Å². The van der Waals surface area contributed by atoms with Gasteiger partial charge in [-0.05, 0) is 23.8 Å². The first-order valence-corrected chi connectivity index (χ1v) is 5.91. The summed E-state index contributed by atoms with van der Waals surface area (Å²) in [5.74, 6) is -1.83. The highest BCUT2D eigenvalue weighted by Crippen LogP contribution is 2.31. The van der Waals surface area contributed by atoms with Gasteiger partial charge in [-0.2, -0.15) is 0 Å². The van der Waals surface area contributed by atoms with Gasteiger partial charge in [0.15, 0.2) is 0 Å². The summed E-state index contributed by atoms with van der Waals surface area (Å²) in [5, 5.41) is 11.5. The number of hydrogen-bond acceptors (Lipinski definition) is 4. The van der Waals surface area contributed by atoms with Crippen molar-refractivity contribution in [2.75, 3.05) is 17.3 Å². The van der Waals surface area contributed by atoms with Crippen molar-refractivity contribution in [2.24, 2.45) is 0 Å². The third kappa shape index (κ3) is 2.57. The summed E-state index contributed by atoms with van der Waals surface area (Å²) in [7, 11) is 1.77. The highest BCUT2D eigenvalue weighted by Gasteiger charge is 2.32. The van der Waals surface area contributed by atoms with Crippen LogP contribution in [0.25, 0.3) is 0 Å². The topological polar surface area (TPSA) is 86.7 Å². The summed E-state index contributed by atoms with van der Waals surface area (Å²) in [5.41, 5.74) is 2.20. The van der Waals surface area contributed by atoms with E-state index in [0.717, 1.165) is 16.2 Å². The molecule has 2 amide bonds. The number of amides is 2. The molecule has 0 fully saturated rings. The summed E-state index contributed by atoms with van der Waals surface area (Å²) in [6, 6.07) is 5.29. The first-order valence-electron chi connectivity index (χ1n) is 5.91. The lowest BCUT2D eigenvalue weighted by Gasteiger charge is -2.15. The Hall–Kier alpha value is -2.37. The number of rotatable bonds is 4. The number of imide groups is 1. The normalized spacial score (nSPS) is 13.3. The highest BCUT2D eigenvalue weighted by atomic mass is 16.4. The van der Waals surface area contributed by atoms with Gasteiger partial charge in [0.2, 0.25) is 11.8 Å². The van der Waals surface area contributed by atoms with Crippen molar-refractivity contribution in [3.05, 3.63) is 23.8 Å². The number of aliphatic carboxylic acids is 1. The first kappa shape index (κ1) is 13.1. The number of fused-ring (bicyclic) bond motifs is 1. The standard InChI is InChI=1S/C13H14N2O4/c1-14-9-2-3-10-8(6-9)7-12(17)15(10)11(16)4-5-13(18)19/h2-3,6,14H,4-5,7H2,1H3,(H,18,19). The van der Waals surface area contributed by atoms with E-state index in [1.807, 2.05) is 6.07 Å². The van der Waals surface area contributed by atoms with E-state index in [2.05, 4.69) is 5.32 Å². The van der Waals surface area contributed by atoms with Crippen molar-refractivity contribution in [1.29, 1.82) is 0 Å². The van der Waals surface area contributed by atoms with Gasteiger partial charge >= 0.3 is 5.97 Å². The van der Waals surface area contributed by atoms with Gasteiger partial charge in [0.1, 0.15) is 0 Å². The van der Waals surface area contributed by atoms with E-state index in [9.17, 15) is 14.4 Å². The molecule has 1 aliphatic heterocycles. The molecule has 1 heterocycles. The second-order valence-electron chi connectivity index (χ2n) is 4.29. The summed E-state index contributed by atoms with van der Waals surface area (Å²) < 4.78 is 0. The minimum atomic E-state index is -1.05. The fourth-order valence-corrected chi connectivity index (χ4v) is 2.08. The number of nitrogens with one attached hydrogen (secondary N) is 1. The van der Waals surface area contributed by atoms with Crippen LogP contribution in [0.15, 0.2) is 18.2 Å². The Balaban J connectivity index is 2.22. The molecule has 0 atom stereocenters. The van der Waals surface area contributed by atoms with Crippen molar-refractivity contribution >= 4 is 29.2 Å². The Morgan fingerprint density at radius 3 is 2.74 bits per heavy atom. The van der Waals surface area contributed by atoms with E-state index in [1.165, 1.54) is 0 Å². The molecule has 2 rings (SSSR count). The molecule has 1 aromatic carbocycles. The molecule has 0 unspecified atom stereocenters. The summed E-state index contributed by atoms with van der Waals surface area (Å²) in [4.78, 5) is 35.3. The van der Waals surface area contributed by atoms with E-state index < -0.39 is 11.9 Å². The van der Waals surface area contributed by atoms with Crippen LogP contribution < -0.4 is 10.2 Å². The molecule has 19 heavy (non-hydrogen) atoms. The lowest BCUT2D eigenvalue weighted by atomic mass is 10.1. The van der Waals surface area contributed by atoms with Crippen molar-refractivity contribution in [2.45, 2.75) is 19.3 Å². The molecular weight excluding hydrogens is 248 g/mol. The Bertz CT molecular complexity index is 554. The van der Waals surface area contributed by atoms with Gasteiger partial charge in [0.25, 0.3) is 0 Å². The predicted molar refractivity (Wildman–Crippen MR) is 69.1 cm³/mol. The largest absolute Gasteiger partial charge is 0.481 e. The third-order valence-electron chi connectivity index (χ3n) is 3.00. The quantitative estimate of drug-likeness (QED) is 0.845. The van der Waals surface area contributed by atoms with Crippen LogP contribution in [-0.4, -0.2) is 29.9 Å². The number of carboxylic acid groups (broad SMARTS) is 1. The zero-order valence-corrected chi connectivity index (χ0v) is 10.5. The molecule has 0 spiro atoms. The lowest BCUT2D eigenvalue weighted by molar-refractivity contribution is -0.139. The van der Waals surface area contributed by atoms with Crippen molar-refractivity contribution < 1.29 is 19.5 Å². The molecule has 0 radical (unpaired) electrons. The van der Waals surface area contributed by atoms with Crippen LogP contribution >= 0.6 is 0 Å². The van der Waals surface area contributed by atoms with Gasteiger partial charge in [-0.3, -0.25) is 14.4 Å². The van der Waals surface area contributed by atoms with Crippen LogP contribution in [0.3, 0.4) is 0 Å². The van der Waals surface area contributed by atoms with E-state index >= 15 is 0 Å². The fourth-order valence-electron chi connectivity index (χ4n) is 2.08. The Kier molecular flexibility index (Phi) is 3.50. The number of anilines is 2. The van der Waals surface area contributed by atoms with Crippen LogP contribution in [0, 0.1) is 0 Å². The molecule has 1 aliphatic rings. The maximum atomic E-state index is 11.9. The smallest absolute Gasteiger partial charge is 0.303 e. The van der Waals surface area contributed by atoms with Crippen LogP contribution in [0.4, 0.5) is 11.4 Å². The van der Waals surface area contributed by atoms with Gasteiger partial charge in [0, 0.05) is 19.2 Å². The van der Waals surface area contributed by atoms with E-state index in [1.54, 1.807) is 19.2 Å². The van der Waals surface area contributed by atoms with Crippen molar-refractivity contribution in [1.82, 2.24) is 0 Å². The molecule has 6 nitrogen and oxygen atoms in total. The SMILES string of the molecule is CNc1ccc2c(c1)CC(=O)N2C(=O)CCC(=O)O. The zero-order chi connectivity index (χ0) is 14.0. The molecular formula is C13H14N2O4. The Labute approximate surface area is 110 Å². The fraction of sp³-hybridized carbons (Fsp3) is 0.308. The van der Waals surface area contributed by atoms with Gasteiger partial charge in [-0.15, -0.1) is 0 Å². The second kappa shape index (κ2) is 5.09. The Morgan fingerprint density at radius 1 is 1.37 bits per heavy atom. The van der Waals surface area contributed by atoms with Crippen molar-refractivity contribution in [3.63, 3.8) is 0 Å². The molecule has 0 bridgehead atoms. The molecule has 0 saturated heterocycles. The maximum absolute atomic E-state index is 11.9. The number of carboxylic acids is 1. The average Bonchev–Trinajstić information content (AvgIpc) is 2.70. The van der Waals surface area contributed by atoms with Gasteiger partial charge in [0.05, 0.1) is 18.5 Å². The monoisotopic (exact) mass is 262 g/mol. The molecule has 0 aromatic heterocycles. The molecule has 0 saturated carbocycles. The van der Waals surface area contributed by atoms with E-state index in [4.69, 9.17) is 5.11 Å². The maximum Gasteiger partial charge on any atom is 0.303 e. The molecule has 2 N–H and O–H groups in total. The zero-order valence-electron chi connectivity index (χ0n) is 10.5. The predicted octanol–water partition coefficient (Wildman–Crippen LogP) is 1.01. The van der Waals surface area contributed by atoms with Crippen LogP contribution in [0.5, 0.6) is 0 Å². The lowest BCUT2D eigenvalue weighted by Crippen LogP contribution is -2.33. The molecule has 100 valence electrons. The highest BCUT2D eigenvalue weighted by molar-refractivity contribution is 6.19. The second-order valence-corrected chi connectivity index (χ2v) is 4.29. The van der Waals surface area contributed by atoms with Gasteiger partial charge in [-0.1, -0.05) is 0 Å². The first-order chi connectivity index (χ1) is 9.02. The van der Waals surface area contributed by atoms with Gasteiger partial charge in [-0.25, -0.2) is 4.90 Å². The molecule has 0 aliphatic carbocycles. The van der Waals surface area contributed by atoms with Crippen LogP contribution in [-0.2, 0) is 20.8 Å². The number of carbonyl (C=O) groups is 3. The Morgan fingerprint density at radius 2 is 2.11 bits per heavy atom. The minimum absolute atomic E-state index is 0.170. The van der Waals surface area contributed by atoms with E-state index in [-0.39, 0.29) is 25.2 Å². The molecule has 1 aromatic rings. The van der Waals surface area contributed by atoms with Gasteiger partial charge < -0.3 is 10.4 Å². The average molecular weight is 262 g/mol. The van der Waals surface area contributed by atoms with Crippen molar-refractivity contribution in [3.8, 4) is 0 Å². The summed E-state index contributed by atoms with van der Waals surface area (Å²) in [6.07, 6.45) is -0.273. The minimum Gasteiger partial charge on any atom is -0.481 e. The summed E-state index contributed by atoms with van der Waals surface area (Å²) >= 11 is 0. The third-order valence-corrected chi connectivity index (χ3v) is 3.00. The van der Waals surface area contributed by atoms with E-state index in [0.29, 0.717) is 5.69 Å². The number of benzene rings is 1. The number of hydrogen-bond donors (Lipinski definition) is 2.